The summed E-state index contributed by atoms with van der Waals surface area (Å²) in [6.07, 6.45) is -0.261. The van der Waals surface area contributed by atoms with Crippen LogP contribution < -0.4 is 10.1 Å². The van der Waals surface area contributed by atoms with Crippen LogP contribution in [-0.2, 0) is 29.1 Å². The Bertz CT molecular complexity index is 1720. The maximum absolute atomic E-state index is 14.2. The summed E-state index contributed by atoms with van der Waals surface area (Å²) < 4.78 is 5.24. The summed E-state index contributed by atoms with van der Waals surface area (Å²) in [6, 6.07) is 27.0. The first kappa shape index (κ1) is 30.9. The van der Waals surface area contributed by atoms with Crippen LogP contribution in [0.5, 0.6) is 11.5 Å². The topological polar surface area (TPSA) is 106 Å². The summed E-state index contributed by atoms with van der Waals surface area (Å²) in [5.74, 6) is 0.509. The van der Waals surface area contributed by atoms with Crippen LogP contribution in [0.1, 0.15) is 30.5 Å². The lowest BCUT2D eigenvalue weighted by molar-refractivity contribution is -0.158. The number of piperazine rings is 1. The number of aromatic hydroxyl groups is 1. The van der Waals surface area contributed by atoms with E-state index in [1.54, 1.807) is 41.3 Å². The van der Waals surface area contributed by atoms with Gasteiger partial charge in [0, 0.05) is 25.6 Å². The molecule has 2 saturated heterocycles. The van der Waals surface area contributed by atoms with Gasteiger partial charge in [-0.1, -0.05) is 66.7 Å². The number of phenols is 1. The Morgan fingerprint density at radius 3 is 2.37 bits per heavy atom. The quantitative estimate of drug-likeness (QED) is 0.285. The zero-order valence-corrected chi connectivity index (χ0v) is 26.3. The number of carbonyl (C=O) groups is 3. The molecule has 2 heterocycles. The highest BCUT2D eigenvalue weighted by molar-refractivity contribution is 5.92. The van der Waals surface area contributed by atoms with Crippen LogP contribution >= 0.6 is 0 Å². The zero-order valence-electron chi connectivity index (χ0n) is 26.3. The van der Waals surface area contributed by atoms with Crippen LogP contribution in [0, 0.1) is 0 Å². The van der Waals surface area contributed by atoms with Gasteiger partial charge in [0.25, 0.3) is 0 Å². The smallest absolute Gasteiger partial charge is 0.332 e. The summed E-state index contributed by atoms with van der Waals surface area (Å²) in [5.41, 5.74) is 2.75. The van der Waals surface area contributed by atoms with Gasteiger partial charge in [-0.15, -0.1) is 0 Å². The molecule has 2 N–H and O–H groups in total. The van der Waals surface area contributed by atoms with Crippen LogP contribution in [0.3, 0.4) is 0 Å². The van der Waals surface area contributed by atoms with E-state index in [0.29, 0.717) is 13.1 Å². The predicted molar refractivity (Wildman–Crippen MR) is 175 cm³/mol. The van der Waals surface area contributed by atoms with Crippen LogP contribution in [-0.4, -0.2) is 81.2 Å². The fraction of sp³-hybridized carbons (Fsp3) is 0.306. The number of phenolic OH excluding ortho intramolecular Hbond substituents is 1. The highest BCUT2D eigenvalue weighted by Gasteiger charge is 2.52. The van der Waals surface area contributed by atoms with Gasteiger partial charge in [0.1, 0.15) is 23.7 Å². The van der Waals surface area contributed by atoms with Crippen molar-refractivity contribution in [1.29, 1.82) is 0 Å². The van der Waals surface area contributed by atoms with Gasteiger partial charge in [0.15, 0.2) is 0 Å². The molecule has 2 aliphatic rings. The molecule has 2 atom stereocenters. The van der Waals surface area contributed by atoms with Crippen LogP contribution in [0.2, 0.25) is 0 Å². The number of fused-ring (bicyclic) bond motifs is 2. The Morgan fingerprint density at radius 1 is 0.957 bits per heavy atom. The SMILES string of the molecule is COc1ccc(CNC(=O)N(C(C)C)N2CC(=O)N3[C@@H](Cc4ccc(O)cc4)C(=O)N(Cc4cccc5ccccc45)C[C@@H]32)cc1. The average molecular weight is 622 g/mol. The van der Waals surface area contributed by atoms with Gasteiger partial charge in [0.2, 0.25) is 11.8 Å². The fourth-order valence-electron chi connectivity index (χ4n) is 6.51. The van der Waals surface area contributed by atoms with E-state index in [4.69, 9.17) is 4.74 Å². The standard InChI is InChI=1S/C36H39N5O5/c1-24(2)41(36(45)37-20-26-13-17-30(46-3)18-14-26)39-23-34(43)40-32(19-25-11-15-29(42)16-12-25)35(44)38(22-33(39)40)21-28-9-6-8-27-7-4-5-10-31(27)28/h4-18,24,32-33,42H,19-23H2,1-3H3,(H,37,45)/t32-,33+/m0/s1. The Hall–Kier alpha value is -5.09. The molecule has 0 unspecified atom stereocenters. The molecule has 4 aromatic rings. The summed E-state index contributed by atoms with van der Waals surface area (Å²) in [7, 11) is 1.61. The second-order valence-corrected chi connectivity index (χ2v) is 12.1. The summed E-state index contributed by atoms with van der Waals surface area (Å²) in [5, 5.41) is 18.4. The molecule has 46 heavy (non-hydrogen) atoms. The number of hydrogen-bond donors (Lipinski definition) is 2. The molecule has 0 spiro atoms. The lowest BCUT2D eigenvalue weighted by atomic mass is 9.99. The van der Waals surface area contributed by atoms with E-state index in [1.165, 1.54) is 0 Å². The highest BCUT2D eigenvalue weighted by Crippen LogP contribution is 2.32. The Balaban J connectivity index is 1.30. The second kappa shape index (κ2) is 13.1. The van der Waals surface area contributed by atoms with Gasteiger partial charge < -0.3 is 25.0 Å². The minimum atomic E-state index is -0.771. The number of hydrazine groups is 1. The molecule has 10 nitrogen and oxygen atoms in total. The zero-order chi connectivity index (χ0) is 32.4. The Labute approximate surface area is 268 Å². The summed E-state index contributed by atoms with van der Waals surface area (Å²) in [4.78, 5) is 45.2. The van der Waals surface area contributed by atoms with Gasteiger partial charge in [-0.3, -0.25) is 14.6 Å². The Kier molecular flexibility index (Phi) is 8.81. The van der Waals surface area contributed by atoms with Gasteiger partial charge >= 0.3 is 6.03 Å². The van der Waals surface area contributed by atoms with E-state index in [-0.39, 0.29) is 49.1 Å². The molecule has 4 amide bonds. The van der Waals surface area contributed by atoms with Gasteiger partial charge in [0.05, 0.1) is 20.2 Å². The molecule has 0 aliphatic carbocycles. The number of benzene rings is 4. The van der Waals surface area contributed by atoms with Crippen LogP contribution in [0.4, 0.5) is 4.79 Å². The van der Waals surface area contributed by atoms with Crippen molar-refractivity contribution in [1.82, 2.24) is 25.1 Å². The lowest BCUT2D eigenvalue weighted by Crippen LogP contribution is -2.66. The van der Waals surface area contributed by atoms with E-state index in [0.717, 1.165) is 33.2 Å². The van der Waals surface area contributed by atoms with E-state index in [9.17, 15) is 19.5 Å². The molecule has 2 fully saturated rings. The van der Waals surface area contributed by atoms with Crippen LogP contribution in [0.15, 0.2) is 91.0 Å². The van der Waals surface area contributed by atoms with Crippen molar-refractivity contribution in [2.24, 2.45) is 0 Å². The molecule has 0 saturated carbocycles. The molecule has 4 aromatic carbocycles. The number of nitrogens with one attached hydrogen (secondary N) is 1. The number of hydrogen-bond acceptors (Lipinski definition) is 6. The number of rotatable bonds is 9. The van der Waals surface area contributed by atoms with E-state index < -0.39 is 12.2 Å². The third kappa shape index (κ3) is 6.21. The van der Waals surface area contributed by atoms with Crippen molar-refractivity contribution in [2.45, 2.75) is 51.6 Å². The number of amides is 4. The third-order valence-electron chi connectivity index (χ3n) is 8.75. The van der Waals surface area contributed by atoms with E-state index >= 15 is 0 Å². The molecule has 238 valence electrons. The van der Waals surface area contributed by atoms with Crippen molar-refractivity contribution in [3.63, 3.8) is 0 Å². The van der Waals surface area contributed by atoms with Crippen molar-refractivity contribution in [2.75, 3.05) is 20.2 Å². The number of nitrogens with zero attached hydrogens (tertiary/aromatic N) is 4. The number of carbonyl (C=O) groups excluding carboxylic acids is 3. The van der Waals surface area contributed by atoms with Crippen molar-refractivity contribution in [3.8, 4) is 11.5 Å². The molecule has 10 heteroatoms. The molecule has 2 aliphatic heterocycles. The van der Waals surface area contributed by atoms with Crippen molar-refractivity contribution < 1.29 is 24.2 Å². The first-order valence-corrected chi connectivity index (χ1v) is 15.5. The van der Waals surface area contributed by atoms with Crippen LogP contribution in [0.25, 0.3) is 10.8 Å². The molecule has 0 radical (unpaired) electrons. The summed E-state index contributed by atoms with van der Waals surface area (Å²) in [6.45, 7) is 4.71. The second-order valence-electron chi connectivity index (χ2n) is 12.1. The van der Waals surface area contributed by atoms with Crippen molar-refractivity contribution >= 4 is 28.6 Å². The highest BCUT2D eigenvalue weighted by atomic mass is 16.5. The molecule has 6 rings (SSSR count). The maximum atomic E-state index is 14.2. The first-order chi connectivity index (χ1) is 22.2. The molecule has 0 aromatic heterocycles. The molecular weight excluding hydrogens is 582 g/mol. The summed E-state index contributed by atoms with van der Waals surface area (Å²) >= 11 is 0. The third-order valence-corrected chi connectivity index (χ3v) is 8.75. The van der Waals surface area contributed by atoms with Crippen molar-refractivity contribution in [3.05, 3.63) is 108 Å². The minimum absolute atomic E-state index is 0.0275. The molecule has 0 bridgehead atoms. The average Bonchev–Trinajstić information content (AvgIpc) is 3.37. The Morgan fingerprint density at radius 2 is 1.65 bits per heavy atom. The van der Waals surface area contributed by atoms with Gasteiger partial charge in [-0.25, -0.2) is 4.79 Å². The maximum Gasteiger partial charge on any atom is 0.332 e. The van der Waals surface area contributed by atoms with Gasteiger partial charge in [-0.2, -0.15) is 5.01 Å². The first-order valence-electron chi connectivity index (χ1n) is 15.5. The number of methoxy groups -OCH3 is 1. The van der Waals surface area contributed by atoms with E-state index in [1.807, 2.05) is 72.3 Å². The minimum Gasteiger partial charge on any atom is -0.508 e. The largest absolute Gasteiger partial charge is 0.508 e. The number of ether oxygens (including phenoxy) is 1. The number of urea groups is 1. The fourth-order valence-corrected chi connectivity index (χ4v) is 6.51. The predicted octanol–water partition coefficient (Wildman–Crippen LogP) is 4.51. The monoisotopic (exact) mass is 621 g/mol. The van der Waals surface area contributed by atoms with Gasteiger partial charge in [-0.05, 0) is 65.6 Å². The lowest BCUT2D eigenvalue weighted by Gasteiger charge is -2.47. The normalized spacial score (nSPS) is 18.3. The molecular formula is C36H39N5O5. The van der Waals surface area contributed by atoms with E-state index in [2.05, 4.69) is 23.5 Å².